The highest BCUT2D eigenvalue weighted by atomic mass is 19.1. The first kappa shape index (κ1) is 20.3. The van der Waals surface area contributed by atoms with Crippen molar-refractivity contribution in [1.29, 1.82) is 0 Å². The van der Waals surface area contributed by atoms with Crippen LogP contribution in [0.4, 0.5) is 4.39 Å². The second-order valence-electron chi connectivity index (χ2n) is 8.23. The third kappa shape index (κ3) is 4.01. The Hall–Kier alpha value is -2.96. The second kappa shape index (κ2) is 8.42. The molecule has 0 bridgehead atoms. The molecule has 1 aliphatic heterocycles. The fourth-order valence-corrected chi connectivity index (χ4v) is 4.02. The van der Waals surface area contributed by atoms with Crippen LogP contribution in [-0.4, -0.2) is 45.3 Å². The van der Waals surface area contributed by atoms with Crippen LogP contribution in [0.3, 0.4) is 0 Å². The van der Waals surface area contributed by atoms with Crippen LogP contribution in [0.2, 0.25) is 0 Å². The third-order valence-corrected chi connectivity index (χ3v) is 5.53. The van der Waals surface area contributed by atoms with Gasteiger partial charge >= 0.3 is 0 Å². The molecule has 0 spiro atoms. The fraction of sp³-hybridized carbons (Fsp3) is 0.435. The van der Waals surface area contributed by atoms with Crippen molar-refractivity contribution in [2.75, 3.05) is 19.7 Å². The van der Waals surface area contributed by atoms with Gasteiger partial charge in [-0.05, 0) is 51.8 Å². The molecule has 7 heteroatoms. The van der Waals surface area contributed by atoms with Crippen molar-refractivity contribution in [2.24, 2.45) is 5.92 Å². The zero-order valence-electron chi connectivity index (χ0n) is 17.6. The Bertz CT molecular complexity index is 1060. The van der Waals surface area contributed by atoms with Crippen LogP contribution >= 0.6 is 0 Å². The van der Waals surface area contributed by atoms with Crippen molar-refractivity contribution in [2.45, 2.75) is 39.7 Å². The van der Waals surface area contributed by atoms with Crippen LogP contribution in [0.1, 0.15) is 48.8 Å². The van der Waals surface area contributed by atoms with Crippen LogP contribution in [0.25, 0.3) is 11.0 Å². The molecule has 0 saturated carbocycles. The van der Waals surface area contributed by atoms with E-state index in [0.717, 1.165) is 29.6 Å². The van der Waals surface area contributed by atoms with Crippen molar-refractivity contribution < 1.29 is 13.9 Å². The Labute approximate surface area is 175 Å². The number of nitrogens with zero attached hydrogens (tertiary/aromatic N) is 4. The molecule has 3 heterocycles. The molecule has 158 valence electrons. The average Bonchev–Trinajstić information content (AvgIpc) is 3.16. The molecule has 1 amide bonds. The largest absolute Gasteiger partial charge is 0.490 e. The third-order valence-electron chi connectivity index (χ3n) is 5.53. The van der Waals surface area contributed by atoms with Crippen LogP contribution in [0.15, 0.2) is 36.5 Å². The molecule has 0 unspecified atom stereocenters. The van der Waals surface area contributed by atoms with Gasteiger partial charge in [0, 0.05) is 30.7 Å². The number of carbonyl (C=O) groups is 1. The van der Waals surface area contributed by atoms with Gasteiger partial charge in [0.25, 0.3) is 5.91 Å². The van der Waals surface area contributed by atoms with E-state index in [1.165, 1.54) is 6.07 Å². The summed E-state index contributed by atoms with van der Waals surface area (Å²) in [6.45, 7) is 7.67. The normalized spacial score (nSPS) is 17.0. The first-order chi connectivity index (χ1) is 14.4. The average molecular weight is 410 g/mol. The Morgan fingerprint density at radius 1 is 1.33 bits per heavy atom. The summed E-state index contributed by atoms with van der Waals surface area (Å²) in [6, 6.07) is 8.42. The maximum atomic E-state index is 13.8. The van der Waals surface area contributed by atoms with E-state index in [2.05, 4.69) is 10.1 Å². The molecule has 1 fully saturated rings. The topological polar surface area (TPSA) is 60.3 Å². The molecule has 6 nitrogen and oxygen atoms in total. The zero-order chi connectivity index (χ0) is 21.3. The summed E-state index contributed by atoms with van der Waals surface area (Å²) >= 11 is 0. The number of fused-ring (bicyclic) bond motifs is 1. The van der Waals surface area contributed by atoms with E-state index in [9.17, 15) is 9.18 Å². The Morgan fingerprint density at radius 3 is 2.90 bits per heavy atom. The molecule has 1 atom stereocenters. The van der Waals surface area contributed by atoms with E-state index in [-0.39, 0.29) is 29.4 Å². The van der Waals surface area contributed by atoms with Gasteiger partial charge in [0.15, 0.2) is 17.2 Å². The van der Waals surface area contributed by atoms with Gasteiger partial charge in [0.1, 0.15) is 0 Å². The number of pyridine rings is 1. The molecule has 4 rings (SSSR count). The maximum Gasteiger partial charge on any atom is 0.254 e. The smallest absolute Gasteiger partial charge is 0.254 e. The highest BCUT2D eigenvalue weighted by Crippen LogP contribution is 2.26. The van der Waals surface area contributed by atoms with E-state index < -0.39 is 0 Å². The quantitative estimate of drug-likeness (QED) is 0.626. The number of amides is 1. The number of hydrogen-bond acceptors (Lipinski definition) is 4. The monoisotopic (exact) mass is 410 g/mol. The molecule has 3 aromatic rings. The van der Waals surface area contributed by atoms with E-state index in [1.807, 2.05) is 36.4 Å². The lowest BCUT2D eigenvalue weighted by Gasteiger charge is -2.33. The number of halogens is 1. The van der Waals surface area contributed by atoms with Crippen molar-refractivity contribution in [3.8, 4) is 5.75 Å². The molecular weight excluding hydrogens is 383 g/mol. The van der Waals surface area contributed by atoms with E-state index in [4.69, 9.17) is 4.74 Å². The first-order valence-electron chi connectivity index (χ1n) is 10.5. The lowest BCUT2D eigenvalue weighted by molar-refractivity contribution is 0.0633. The Morgan fingerprint density at radius 2 is 2.13 bits per heavy atom. The highest BCUT2D eigenvalue weighted by molar-refractivity contribution is 6.05. The molecule has 30 heavy (non-hydrogen) atoms. The SMILES string of the molecule is Cc1cc(C(=O)N2CCC[C@H](COc3ccccc3F)C2)c2cnn(C(C)C)c2n1. The summed E-state index contributed by atoms with van der Waals surface area (Å²) < 4.78 is 21.4. The van der Waals surface area contributed by atoms with E-state index in [1.54, 1.807) is 24.4 Å². The number of rotatable bonds is 5. The van der Waals surface area contributed by atoms with Gasteiger partial charge in [-0.25, -0.2) is 14.1 Å². The van der Waals surface area contributed by atoms with Gasteiger partial charge in [-0.15, -0.1) is 0 Å². The van der Waals surface area contributed by atoms with Gasteiger partial charge in [-0.2, -0.15) is 5.10 Å². The molecular formula is C23H27FN4O2. The minimum atomic E-state index is -0.363. The van der Waals surface area contributed by atoms with Gasteiger partial charge in [-0.1, -0.05) is 12.1 Å². The van der Waals surface area contributed by atoms with E-state index in [0.29, 0.717) is 25.3 Å². The molecule has 0 aliphatic carbocycles. The van der Waals surface area contributed by atoms with Gasteiger partial charge in [0.05, 0.1) is 23.8 Å². The van der Waals surface area contributed by atoms with Crippen molar-refractivity contribution in [1.82, 2.24) is 19.7 Å². The molecule has 2 aromatic heterocycles. The van der Waals surface area contributed by atoms with Crippen LogP contribution in [0.5, 0.6) is 5.75 Å². The Kier molecular flexibility index (Phi) is 5.70. The summed E-state index contributed by atoms with van der Waals surface area (Å²) in [5, 5.41) is 5.22. The zero-order valence-corrected chi connectivity index (χ0v) is 17.6. The van der Waals surface area contributed by atoms with Crippen molar-refractivity contribution in [3.05, 3.63) is 53.6 Å². The maximum absolute atomic E-state index is 13.8. The number of ether oxygens (including phenoxy) is 1. The van der Waals surface area contributed by atoms with Crippen LogP contribution < -0.4 is 4.74 Å². The lowest BCUT2D eigenvalue weighted by atomic mass is 9.98. The van der Waals surface area contributed by atoms with Gasteiger partial charge in [-0.3, -0.25) is 4.79 Å². The number of carbonyl (C=O) groups excluding carboxylic acids is 1. The first-order valence-corrected chi connectivity index (χ1v) is 10.5. The summed E-state index contributed by atoms with van der Waals surface area (Å²) in [4.78, 5) is 19.9. The summed E-state index contributed by atoms with van der Waals surface area (Å²) in [5.41, 5.74) is 2.18. The molecule has 1 aliphatic rings. The lowest BCUT2D eigenvalue weighted by Crippen LogP contribution is -2.41. The number of aryl methyl sites for hydroxylation is 1. The number of aromatic nitrogens is 3. The van der Waals surface area contributed by atoms with Gasteiger partial charge in [0.2, 0.25) is 0 Å². The molecule has 1 aromatic carbocycles. The number of para-hydroxylation sites is 1. The predicted octanol–water partition coefficient (Wildman–Crippen LogP) is 4.39. The summed E-state index contributed by atoms with van der Waals surface area (Å²) in [6.07, 6.45) is 3.58. The van der Waals surface area contributed by atoms with Crippen molar-refractivity contribution in [3.63, 3.8) is 0 Å². The molecule has 0 N–H and O–H groups in total. The molecule has 0 radical (unpaired) electrons. The minimum absolute atomic E-state index is 0.00982. The highest BCUT2D eigenvalue weighted by Gasteiger charge is 2.27. The van der Waals surface area contributed by atoms with E-state index >= 15 is 0 Å². The second-order valence-corrected chi connectivity index (χ2v) is 8.23. The summed E-state index contributed by atoms with van der Waals surface area (Å²) in [5.74, 6) is 0.0510. The molecule has 1 saturated heterocycles. The number of hydrogen-bond donors (Lipinski definition) is 0. The number of piperidine rings is 1. The Balaban J connectivity index is 1.51. The van der Waals surface area contributed by atoms with Crippen LogP contribution in [-0.2, 0) is 0 Å². The number of likely N-dealkylation sites (tertiary alicyclic amines) is 1. The van der Waals surface area contributed by atoms with Crippen LogP contribution in [0, 0.1) is 18.7 Å². The fourth-order valence-electron chi connectivity index (χ4n) is 4.02. The minimum Gasteiger partial charge on any atom is -0.490 e. The standard InChI is InChI=1S/C23H27FN4O2/c1-15(2)28-22-19(12-25-28)18(11-16(3)26-22)23(29)27-10-6-7-17(13-27)14-30-21-9-5-4-8-20(21)24/h4-5,8-9,11-12,15,17H,6-7,10,13-14H2,1-3H3/t17-/m0/s1. The van der Waals surface area contributed by atoms with Gasteiger partial charge < -0.3 is 9.64 Å². The predicted molar refractivity (Wildman–Crippen MR) is 113 cm³/mol. The van der Waals surface area contributed by atoms with Crippen molar-refractivity contribution >= 4 is 16.9 Å². The number of benzene rings is 1. The summed E-state index contributed by atoms with van der Waals surface area (Å²) in [7, 11) is 0.